The second-order valence-electron chi connectivity index (χ2n) is 4.75. The molecule has 2 heterocycles. The first-order valence-corrected chi connectivity index (χ1v) is 8.45. The highest BCUT2D eigenvalue weighted by atomic mass is 35.5. The van der Waals surface area contributed by atoms with Crippen molar-refractivity contribution in [2.24, 2.45) is 0 Å². The summed E-state index contributed by atoms with van der Waals surface area (Å²) in [5.41, 5.74) is 5.83. The highest BCUT2D eigenvalue weighted by Gasteiger charge is 2.24. The number of fused-ring (bicyclic) bond motifs is 1. The Balaban J connectivity index is 2.37. The molecule has 0 aliphatic rings. The third kappa shape index (κ3) is 2.75. The van der Waals surface area contributed by atoms with E-state index in [0.29, 0.717) is 10.7 Å². The van der Waals surface area contributed by atoms with Gasteiger partial charge >= 0.3 is 5.97 Å². The molecule has 124 valence electrons. The second-order valence-corrected chi connectivity index (χ2v) is 6.84. The summed E-state index contributed by atoms with van der Waals surface area (Å²) in [6.45, 7) is 1.84. The van der Waals surface area contributed by atoms with Crippen molar-refractivity contribution >= 4 is 56.3 Å². The van der Waals surface area contributed by atoms with E-state index in [9.17, 15) is 9.59 Å². The van der Waals surface area contributed by atoms with E-state index < -0.39 is 11.5 Å². The molecule has 0 spiro atoms. The third-order valence-corrected chi connectivity index (χ3v) is 4.76. The Labute approximate surface area is 150 Å². The van der Waals surface area contributed by atoms with Crippen molar-refractivity contribution in [2.75, 3.05) is 12.3 Å². The Morgan fingerprint density at radius 1 is 1.29 bits per heavy atom. The smallest absolute Gasteiger partial charge is 0.359 e. The van der Waals surface area contributed by atoms with Gasteiger partial charge in [-0.15, -0.1) is 11.3 Å². The molecular weight excluding hydrogens is 373 g/mol. The van der Waals surface area contributed by atoms with Crippen molar-refractivity contribution in [3.8, 4) is 5.69 Å². The highest BCUT2D eigenvalue weighted by molar-refractivity contribution is 7.21. The lowest BCUT2D eigenvalue weighted by molar-refractivity contribution is 0.0520. The topological polar surface area (TPSA) is 87.2 Å². The molecule has 2 N–H and O–H groups in total. The van der Waals surface area contributed by atoms with Gasteiger partial charge in [0.1, 0.15) is 9.34 Å². The van der Waals surface area contributed by atoms with E-state index in [1.807, 2.05) is 0 Å². The van der Waals surface area contributed by atoms with Gasteiger partial charge in [0, 0.05) is 5.02 Å². The number of ether oxygens (including phenoxy) is 1. The van der Waals surface area contributed by atoms with Gasteiger partial charge in [-0.25, -0.2) is 4.79 Å². The highest BCUT2D eigenvalue weighted by Crippen LogP contribution is 2.37. The standard InChI is InChI=1S/C15H11Cl2N3O3S/c1-2-23-15(22)11-9-10(13(18)24-12(9)17)14(21)20(19-11)8-5-3-7(16)4-6-8/h3-6H,2,18H2,1H3. The summed E-state index contributed by atoms with van der Waals surface area (Å²) in [7, 11) is 0. The van der Waals surface area contributed by atoms with Crippen molar-refractivity contribution in [3.63, 3.8) is 0 Å². The number of esters is 1. The minimum Gasteiger partial charge on any atom is -0.461 e. The quantitative estimate of drug-likeness (QED) is 0.699. The van der Waals surface area contributed by atoms with E-state index >= 15 is 0 Å². The Bertz CT molecular complexity index is 996. The van der Waals surface area contributed by atoms with Crippen LogP contribution in [0.4, 0.5) is 5.00 Å². The first kappa shape index (κ1) is 16.8. The fourth-order valence-electron chi connectivity index (χ4n) is 2.24. The molecule has 24 heavy (non-hydrogen) atoms. The van der Waals surface area contributed by atoms with Gasteiger partial charge in [0.05, 0.1) is 23.1 Å². The molecule has 2 aromatic heterocycles. The summed E-state index contributed by atoms with van der Waals surface area (Å²) in [5, 5.41) is 5.24. The first-order valence-electron chi connectivity index (χ1n) is 6.88. The molecule has 3 rings (SSSR count). The number of halogens is 2. The minimum absolute atomic E-state index is 0.0562. The zero-order valence-corrected chi connectivity index (χ0v) is 14.7. The zero-order chi connectivity index (χ0) is 17.4. The van der Waals surface area contributed by atoms with E-state index in [-0.39, 0.29) is 32.4 Å². The van der Waals surface area contributed by atoms with E-state index in [0.717, 1.165) is 16.0 Å². The van der Waals surface area contributed by atoms with Crippen molar-refractivity contribution < 1.29 is 9.53 Å². The maximum Gasteiger partial charge on any atom is 0.359 e. The zero-order valence-electron chi connectivity index (χ0n) is 12.4. The fourth-order valence-corrected chi connectivity index (χ4v) is 3.59. The lowest BCUT2D eigenvalue weighted by atomic mass is 10.2. The summed E-state index contributed by atoms with van der Waals surface area (Å²) in [5.74, 6) is -0.676. The number of thiophene rings is 1. The number of hydrogen-bond acceptors (Lipinski definition) is 6. The van der Waals surface area contributed by atoms with Crippen LogP contribution in [0, 0.1) is 0 Å². The molecule has 0 aliphatic carbocycles. The van der Waals surface area contributed by atoms with Crippen LogP contribution in [0.2, 0.25) is 9.36 Å². The van der Waals surface area contributed by atoms with E-state index in [2.05, 4.69) is 5.10 Å². The molecule has 0 amide bonds. The van der Waals surface area contributed by atoms with Crippen molar-refractivity contribution in [1.29, 1.82) is 0 Å². The number of hydrogen-bond donors (Lipinski definition) is 1. The number of nitrogens with zero attached hydrogens (tertiary/aromatic N) is 2. The Morgan fingerprint density at radius 3 is 2.58 bits per heavy atom. The normalized spacial score (nSPS) is 11.0. The summed E-state index contributed by atoms with van der Waals surface area (Å²) in [6.07, 6.45) is 0. The van der Waals surface area contributed by atoms with Gasteiger partial charge in [0.2, 0.25) is 0 Å². The van der Waals surface area contributed by atoms with Crippen LogP contribution in [0.1, 0.15) is 17.4 Å². The predicted octanol–water partition coefficient (Wildman–Crippen LogP) is 3.51. The van der Waals surface area contributed by atoms with Crippen LogP contribution in [0.25, 0.3) is 16.5 Å². The van der Waals surface area contributed by atoms with Gasteiger partial charge < -0.3 is 10.5 Å². The summed E-state index contributed by atoms with van der Waals surface area (Å²) in [4.78, 5) is 25.0. The van der Waals surface area contributed by atoms with Crippen LogP contribution in [0.3, 0.4) is 0 Å². The van der Waals surface area contributed by atoms with Gasteiger partial charge in [-0.2, -0.15) is 9.78 Å². The van der Waals surface area contributed by atoms with Crippen LogP contribution in [-0.4, -0.2) is 22.4 Å². The summed E-state index contributed by atoms with van der Waals surface area (Å²) in [6, 6.07) is 6.45. The van der Waals surface area contributed by atoms with Gasteiger partial charge in [0.25, 0.3) is 5.56 Å². The number of nitrogens with two attached hydrogens (primary N) is 1. The van der Waals surface area contributed by atoms with Crippen LogP contribution < -0.4 is 11.3 Å². The molecule has 0 bridgehead atoms. The molecule has 0 atom stereocenters. The van der Waals surface area contributed by atoms with E-state index in [4.69, 9.17) is 33.7 Å². The Hall–Kier alpha value is -2.09. The van der Waals surface area contributed by atoms with E-state index in [1.165, 1.54) is 0 Å². The van der Waals surface area contributed by atoms with Crippen LogP contribution >= 0.6 is 34.5 Å². The average molecular weight is 384 g/mol. The summed E-state index contributed by atoms with van der Waals surface area (Å²) < 4.78 is 6.33. The molecule has 9 heteroatoms. The van der Waals surface area contributed by atoms with Gasteiger partial charge in [-0.3, -0.25) is 4.79 Å². The van der Waals surface area contributed by atoms with Gasteiger partial charge in [-0.1, -0.05) is 23.2 Å². The Morgan fingerprint density at radius 2 is 1.96 bits per heavy atom. The number of benzene rings is 1. The molecule has 6 nitrogen and oxygen atoms in total. The molecule has 0 radical (unpaired) electrons. The first-order chi connectivity index (χ1) is 11.4. The number of aromatic nitrogens is 2. The maximum atomic E-state index is 12.8. The van der Waals surface area contributed by atoms with Crippen LogP contribution in [0.5, 0.6) is 0 Å². The number of rotatable bonds is 3. The maximum absolute atomic E-state index is 12.8. The summed E-state index contributed by atoms with van der Waals surface area (Å²) >= 11 is 13.0. The number of anilines is 1. The molecule has 0 fully saturated rings. The van der Waals surface area contributed by atoms with Gasteiger partial charge in [0.15, 0.2) is 5.69 Å². The Kier molecular flexibility index (Phi) is 4.49. The molecule has 0 saturated carbocycles. The third-order valence-electron chi connectivity index (χ3n) is 3.28. The molecule has 1 aromatic carbocycles. The van der Waals surface area contributed by atoms with Crippen LogP contribution in [-0.2, 0) is 4.74 Å². The fraction of sp³-hybridized carbons (Fsp3) is 0.133. The van der Waals surface area contributed by atoms with Crippen molar-refractivity contribution in [2.45, 2.75) is 6.92 Å². The average Bonchev–Trinajstić information content (AvgIpc) is 2.84. The number of nitrogen functional groups attached to an aromatic ring is 1. The van der Waals surface area contributed by atoms with Crippen LogP contribution in [0.15, 0.2) is 29.1 Å². The van der Waals surface area contributed by atoms with Crippen molar-refractivity contribution in [3.05, 3.63) is 49.7 Å². The molecule has 0 saturated heterocycles. The molecule has 0 aliphatic heterocycles. The lowest BCUT2D eigenvalue weighted by Gasteiger charge is -2.09. The minimum atomic E-state index is -0.676. The second kappa shape index (κ2) is 6.43. The molecule has 3 aromatic rings. The van der Waals surface area contributed by atoms with Crippen molar-refractivity contribution in [1.82, 2.24) is 9.78 Å². The van der Waals surface area contributed by atoms with Gasteiger partial charge in [-0.05, 0) is 31.2 Å². The monoisotopic (exact) mass is 383 g/mol. The molecular formula is C15H11Cl2N3O3S. The number of carbonyl (C=O) groups is 1. The number of carbonyl (C=O) groups excluding carboxylic acids is 1. The van der Waals surface area contributed by atoms with E-state index in [1.54, 1.807) is 31.2 Å². The SMILES string of the molecule is CCOC(=O)c1nn(-c2ccc(Cl)cc2)c(=O)c2c(N)sc(Cl)c12. The lowest BCUT2D eigenvalue weighted by Crippen LogP contribution is -2.25. The predicted molar refractivity (Wildman–Crippen MR) is 95.6 cm³/mol. The molecule has 0 unspecified atom stereocenters. The largest absolute Gasteiger partial charge is 0.461 e.